The molecule has 1 aromatic rings. The van der Waals surface area contributed by atoms with Crippen LogP contribution in [0.15, 0.2) is 24.3 Å². The molecule has 5 nitrogen and oxygen atoms in total. The lowest BCUT2D eigenvalue weighted by Gasteiger charge is -2.25. The van der Waals surface area contributed by atoms with E-state index in [1.165, 1.54) is 4.90 Å². The van der Waals surface area contributed by atoms with Gasteiger partial charge in [-0.2, -0.15) is 0 Å². The van der Waals surface area contributed by atoms with Gasteiger partial charge in [-0.15, -0.1) is 0 Å². The standard InChI is InChI=1S/C15H24N2O3/c1-5-9-20-13-8-6-7-12(10-13)16-14(18)17(4)11-15(2,3)19/h6-8,10,19H,5,9,11H2,1-4H3,(H,16,18). The summed E-state index contributed by atoms with van der Waals surface area (Å²) in [6.45, 7) is 6.27. The van der Waals surface area contributed by atoms with Crippen molar-refractivity contribution < 1.29 is 14.6 Å². The molecule has 0 heterocycles. The van der Waals surface area contributed by atoms with E-state index in [2.05, 4.69) is 5.32 Å². The van der Waals surface area contributed by atoms with Gasteiger partial charge in [-0.25, -0.2) is 4.79 Å². The summed E-state index contributed by atoms with van der Waals surface area (Å²) in [6.07, 6.45) is 0.935. The highest BCUT2D eigenvalue weighted by Gasteiger charge is 2.19. The fraction of sp³-hybridized carbons (Fsp3) is 0.533. The molecular weight excluding hydrogens is 256 g/mol. The number of amides is 2. The lowest BCUT2D eigenvalue weighted by atomic mass is 10.1. The molecule has 0 aliphatic carbocycles. The van der Waals surface area contributed by atoms with Crippen LogP contribution in [-0.2, 0) is 0 Å². The van der Waals surface area contributed by atoms with Crippen LogP contribution >= 0.6 is 0 Å². The lowest BCUT2D eigenvalue weighted by molar-refractivity contribution is 0.0550. The largest absolute Gasteiger partial charge is 0.494 e. The lowest BCUT2D eigenvalue weighted by Crippen LogP contribution is -2.41. The summed E-state index contributed by atoms with van der Waals surface area (Å²) in [5, 5.41) is 12.5. The molecule has 2 amide bonds. The van der Waals surface area contributed by atoms with E-state index in [0.29, 0.717) is 12.3 Å². The number of hydrogen-bond acceptors (Lipinski definition) is 3. The van der Waals surface area contributed by atoms with Crippen molar-refractivity contribution in [2.45, 2.75) is 32.8 Å². The molecule has 1 aromatic carbocycles. The second-order valence-electron chi connectivity index (χ2n) is 5.47. The summed E-state index contributed by atoms with van der Waals surface area (Å²) in [4.78, 5) is 13.4. The second kappa shape index (κ2) is 7.14. The van der Waals surface area contributed by atoms with Crippen molar-refractivity contribution in [2.24, 2.45) is 0 Å². The van der Waals surface area contributed by atoms with Crippen LogP contribution < -0.4 is 10.1 Å². The van der Waals surface area contributed by atoms with Gasteiger partial charge in [-0.1, -0.05) is 13.0 Å². The molecule has 0 saturated carbocycles. The smallest absolute Gasteiger partial charge is 0.321 e. The van der Waals surface area contributed by atoms with Gasteiger partial charge in [-0.3, -0.25) is 0 Å². The molecule has 0 saturated heterocycles. The number of carbonyl (C=O) groups is 1. The minimum atomic E-state index is -0.918. The van der Waals surface area contributed by atoms with Crippen LogP contribution in [0, 0.1) is 0 Å². The number of urea groups is 1. The Morgan fingerprint density at radius 1 is 1.45 bits per heavy atom. The first-order valence-electron chi connectivity index (χ1n) is 6.79. The SMILES string of the molecule is CCCOc1cccc(NC(=O)N(C)CC(C)(C)O)c1. The Kier molecular flexibility index (Phi) is 5.82. The van der Waals surface area contributed by atoms with Crippen molar-refractivity contribution in [3.05, 3.63) is 24.3 Å². The summed E-state index contributed by atoms with van der Waals surface area (Å²) < 4.78 is 5.51. The minimum absolute atomic E-state index is 0.255. The van der Waals surface area contributed by atoms with E-state index >= 15 is 0 Å². The number of hydrogen-bond donors (Lipinski definition) is 2. The number of anilines is 1. The van der Waals surface area contributed by atoms with Crippen LogP contribution in [0.4, 0.5) is 10.5 Å². The van der Waals surface area contributed by atoms with E-state index in [1.807, 2.05) is 19.1 Å². The van der Waals surface area contributed by atoms with Gasteiger partial charge in [0.15, 0.2) is 0 Å². The molecule has 0 atom stereocenters. The molecule has 5 heteroatoms. The van der Waals surface area contributed by atoms with Gasteiger partial charge in [0.25, 0.3) is 0 Å². The maximum atomic E-state index is 12.0. The molecule has 2 N–H and O–H groups in total. The number of nitrogens with zero attached hydrogens (tertiary/aromatic N) is 1. The Hall–Kier alpha value is -1.75. The van der Waals surface area contributed by atoms with Gasteiger partial charge in [0.2, 0.25) is 0 Å². The maximum Gasteiger partial charge on any atom is 0.321 e. The first-order chi connectivity index (χ1) is 9.31. The van der Waals surface area contributed by atoms with Crippen LogP contribution in [0.5, 0.6) is 5.75 Å². The summed E-state index contributed by atoms with van der Waals surface area (Å²) in [5.74, 6) is 0.731. The molecule has 0 unspecified atom stereocenters. The van der Waals surface area contributed by atoms with E-state index < -0.39 is 5.60 Å². The number of likely N-dealkylation sites (N-methyl/N-ethyl adjacent to an activating group) is 1. The zero-order chi connectivity index (χ0) is 15.2. The highest BCUT2D eigenvalue weighted by Crippen LogP contribution is 2.18. The fourth-order valence-electron chi connectivity index (χ4n) is 1.75. The summed E-state index contributed by atoms with van der Waals surface area (Å²) in [5.41, 5.74) is -0.246. The van der Waals surface area contributed by atoms with Gasteiger partial charge in [0.1, 0.15) is 5.75 Å². The predicted molar refractivity (Wildman–Crippen MR) is 80.2 cm³/mol. The van der Waals surface area contributed by atoms with Crippen molar-refractivity contribution in [1.82, 2.24) is 4.90 Å². The van der Waals surface area contributed by atoms with Crippen LogP contribution in [-0.4, -0.2) is 41.8 Å². The van der Waals surface area contributed by atoms with Crippen molar-refractivity contribution in [1.29, 1.82) is 0 Å². The van der Waals surface area contributed by atoms with E-state index in [0.717, 1.165) is 12.2 Å². The molecular formula is C15H24N2O3. The average Bonchev–Trinajstić information content (AvgIpc) is 2.34. The maximum absolute atomic E-state index is 12.0. The average molecular weight is 280 g/mol. The molecule has 0 aliphatic heterocycles. The molecule has 0 radical (unpaired) electrons. The third kappa shape index (κ3) is 5.93. The van der Waals surface area contributed by atoms with Gasteiger partial charge >= 0.3 is 6.03 Å². The van der Waals surface area contributed by atoms with Crippen LogP contribution in [0.25, 0.3) is 0 Å². The molecule has 0 aliphatic rings. The highest BCUT2D eigenvalue weighted by atomic mass is 16.5. The molecule has 0 bridgehead atoms. The third-order valence-corrected chi connectivity index (χ3v) is 2.53. The van der Waals surface area contributed by atoms with Crippen LogP contribution in [0.1, 0.15) is 27.2 Å². The van der Waals surface area contributed by atoms with E-state index in [-0.39, 0.29) is 12.6 Å². The fourth-order valence-corrected chi connectivity index (χ4v) is 1.75. The van der Waals surface area contributed by atoms with Crippen molar-refractivity contribution in [3.63, 3.8) is 0 Å². The zero-order valence-corrected chi connectivity index (χ0v) is 12.6. The van der Waals surface area contributed by atoms with Crippen molar-refractivity contribution >= 4 is 11.7 Å². The summed E-state index contributed by atoms with van der Waals surface area (Å²) in [7, 11) is 1.64. The molecule has 112 valence electrons. The Balaban J connectivity index is 2.61. The van der Waals surface area contributed by atoms with Crippen molar-refractivity contribution in [3.8, 4) is 5.75 Å². The molecule has 0 fully saturated rings. The first-order valence-corrected chi connectivity index (χ1v) is 6.79. The van der Waals surface area contributed by atoms with Gasteiger partial charge < -0.3 is 20.1 Å². The zero-order valence-electron chi connectivity index (χ0n) is 12.6. The summed E-state index contributed by atoms with van der Waals surface area (Å²) in [6, 6.07) is 7.00. The number of nitrogens with one attached hydrogen (secondary N) is 1. The van der Waals surface area contributed by atoms with Crippen molar-refractivity contribution in [2.75, 3.05) is 25.5 Å². The Morgan fingerprint density at radius 2 is 2.15 bits per heavy atom. The number of ether oxygens (including phenoxy) is 1. The predicted octanol–water partition coefficient (Wildman–Crippen LogP) is 2.71. The number of rotatable bonds is 6. The quantitative estimate of drug-likeness (QED) is 0.842. The topological polar surface area (TPSA) is 61.8 Å². The molecule has 1 rings (SSSR count). The van der Waals surface area contributed by atoms with E-state index in [9.17, 15) is 9.90 Å². The highest BCUT2D eigenvalue weighted by molar-refractivity contribution is 5.89. The third-order valence-electron chi connectivity index (χ3n) is 2.53. The van der Waals surface area contributed by atoms with E-state index in [1.54, 1.807) is 33.0 Å². The van der Waals surface area contributed by atoms with Gasteiger partial charge in [0, 0.05) is 18.8 Å². The number of aliphatic hydroxyl groups is 1. The minimum Gasteiger partial charge on any atom is -0.494 e. The number of benzene rings is 1. The first kappa shape index (κ1) is 16.3. The van der Waals surface area contributed by atoms with Crippen LogP contribution in [0.3, 0.4) is 0 Å². The van der Waals surface area contributed by atoms with Gasteiger partial charge in [-0.05, 0) is 32.4 Å². The second-order valence-corrected chi connectivity index (χ2v) is 5.47. The Morgan fingerprint density at radius 3 is 2.75 bits per heavy atom. The van der Waals surface area contributed by atoms with E-state index in [4.69, 9.17) is 4.74 Å². The Bertz CT molecular complexity index is 441. The Labute approximate surface area is 120 Å². The normalized spacial score (nSPS) is 11.1. The summed E-state index contributed by atoms with van der Waals surface area (Å²) >= 11 is 0. The monoisotopic (exact) mass is 280 g/mol. The molecule has 0 aromatic heterocycles. The molecule has 20 heavy (non-hydrogen) atoms. The molecule has 0 spiro atoms. The van der Waals surface area contributed by atoms with Crippen LogP contribution in [0.2, 0.25) is 0 Å². The van der Waals surface area contributed by atoms with Gasteiger partial charge in [0.05, 0.1) is 18.8 Å². The number of carbonyl (C=O) groups excluding carboxylic acids is 1.